The van der Waals surface area contributed by atoms with Crippen molar-refractivity contribution in [3.05, 3.63) is 42.6 Å². The Kier molecular flexibility index (Phi) is 6.80. The van der Waals surface area contributed by atoms with Crippen LogP contribution in [0.15, 0.2) is 37.1 Å². The standard InChI is InChI=1S/C14H17N5O.2ClH/c1-11-9-18(7-5-16-11)14(20)12-2-3-17-13(8-12)19-6-4-15-10-19;;/h2-4,6,8,10-11,16H,5,7,9H2,1H3;2*1H. The molecule has 22 heavy (non-hydrogen) atoms. The lowest BCUT2D eigenvalue weighted by Crippen LogP contribution is -2.51. The molecule has 1 aliphatic heterocycles. The number of rotatable bonds is 2. The summed E-state index contributed by atoms with van der Waals surface area (Å²) in [4.78, 5) is 22.7. The van der Waals surface area contributed by atoms with Crippen molar-refractivity contribution in [2.45, 2.75) is 13.0 Å². The Labute approximate surface area is 141 Å². The molecule has 0 radical (unpaired) electrons. The zero-order chi connectivity index (χ0) is 13.9. The summed E-state index contributed by atoms with van der Waals surface area (Å²) in [7, 11) is 0. The second-order valence-electron chi connectivity index (χ2n) is 4.98. The maximum absolute atomic E-state index is 12.5. The third-order valence-electron chi connectivity index (χ3n) is 3.42. The van der Waals surface area contributed by atoms with Crippen LogP contribution in [0.5, 0.6) is 0 Å². The Morgan fingerprint density at radius 2 is 2.18 bits per heavy atom. The SMILES string of the molecule is CC1CN(C(=O)c2ccnc(-n3ccnc3)c2)CCN1.Cl.Cl. The van der Waals surface area contributed by atoms with Gasteiger partial charge in [-0.3, -0.25) is 9.36 Å². The highest BCUT2D eigenvalue weighted by Crippen LogP contribution is 2.11. The van der Waals surface area contributed by atoms with Crippen molar-refractivity contribution < 1.29 is 4.79 Å². The van der Waals surface area contributed by atoms with Gasteiger partial charge in [0.1, 0.15) is 12.1 Å². The number of carbonyl (C=O) groups excluding carboxylic acids is 1. The molecular weight excluding hydrogens is 325 g/mol. The number of nitrogens with one attached hydrogen (secondary N) is 1. The number of hydrogen-bond donors (Lipinski definition) is 1. The van der Waals surface area contributed by atoms with Crippen LogP contribution in [0, 0.1) is 0 Å². The Hall–Kier alpha value is -1.63. The van der Waals surface area contributed by atoms with E-state index in [1.54, 1.807) is 35.4 Å². The molecule has 2 aromatic heterocycles. The van der Waals surface area contributed by atoms with E-state index in [0.717, 1.165) is 19.6 Å². The van der Waals surface area contributed by atoms with Crippen LogP contribution >= 0.6 is 24.8 Å². The Morgan fingerprint density at radius 1 is 1.36 bits per heavy atom. The summed E-state index contributed by atoms with van der Waals surface area (Å²) in [6.45, 7) is 4.41. The Morgan fingerprint density at radius 3 is 2.86 bits per heavy atom. The predicted octanol–water partition coefficient (Wildman–Crippen LogP) is 1.54. The largest absolute Gasteiger partial charge is 0.336 e. The molecule has 8 heteroatoms. The first-order chi connectivity index (χ1) is 9.74. The number of pyridine rings is 1. The summed E-state index contributed by atoms with van der Waals surface area (Å²) in [5, 5.41) is 3.33. The third kappa shape index (κ3) is 3.97. The monoisotopic (exact) mass is 343 g/mol. The number of carbonyl (C=O) groups is 1. The lowest BCUT2D eigenvalue weighted by atomic mass is 10.2. The van der Waals surface area contributed by atoms with E-state index in [1.807, 2.05) is 11.1 Å². The fourth-order valence-electron chi connectivity index (χ4n) is 2.39. The van der Waals surface area contributed by atoms with Gasteiger partial charge in [-0.1, -0.05) is 0 Å². The Balaban J connectivity index is 0.00000121. The molecule has 1 N–H and O–H groups in total. The minimum absolute atomic E-state index is 0. The van der Waals surface area contributed by atoms with Gasteiger partial charge in [-0.2, -0.15) is 0 Å². The number of halogens is 2. The molecule has 1 aliphatic rings. The second kappa shape index (κ2) is 8.12. The van der Waals surface area contributed by atoms with E-state index >= 15 is 0 Å². The third-order valence-corrected chi connectivity index (χ3v) is 3.42. The molecule has 0 bridgehead atoms. The average molecular weight is 344 g/mol. The maximum Gasteiger partial charge on any atom is 0.254 e. The molecule has 3 heterocycles. The minimum Gasteiger partial charge on any atom is -0.336 e. The van der Waals surface area contributed by atoms with Crippen molar-refractivity contribution in [2.24, 2.45) is 0 Å². The van der Waals surface area contributed by atoms with E-state index in [9.17, 15) is 4.79 Å². The summed E-state index contributed by atoms with van der Waals surface area (Å²) in [5.41, 5.74) is 0.665. The van der Waals surface area contributed by atoms with Crippen molar-refractivity contribution in [1.82, 2.24) is 24.8 Å². The second-order valence-corrected chi connectivity index (χ2v) is 4.98. The molecule has 1 fully saturated rings. The summed E-state index contributed by atoms with van der Waals surface area (Å²) in [5.74, 6) is 0.763. The highest BCUT2D eigenvalue weighted by atomic mass is 35.5. The Bertz CT molecular complexity index is 605. The predicted molar refractivity (Wildman–Crippen MR) is 89.2 cm³/mol. The van der Waals surface area contributed by atoms with Crippen LogP contribution in [0.4, 0.5) is 0 Å². The van der Waals surface area contributed by atoms with Crippen LogP contribution in [0.2, 0.25) is 0 Å². The molecule has 2 aromatic rings. The van der Waals surface area contributed by atoms with Gasteiger partial charge in [0.05, 0.1) is 0 Å². The average Bonchev–Trinajstić information content (AvgIpc) is 3.01. The number of piperazine rings is 1. The van der Waals surface area contributed by atoms with Crippen LogP contribution in [0.25, 0.3) is 5.82 Å². The van der Waals surface area contributed by atoms with Gasteiger partial charge in [-0.25, -0.2) is 9.97 Å². The fraction of sp³-hybridized carbons (Fsp3) is 0.357. The molecule has 1 unspecified atom stereocenters. The van der Waals surface area contributed by atoms with Crippen molar-refractivity contribution >= 4 is 30.7 Å². The van der Waals surface area contributed by atoms with Crippen LogP contribution in [0.1, 0.15) is 17.3 Å². The summed E-state index contributed by atoms with van der Waals surface area (Å²) in [6.07, 6.45) is 6.83. The molecule has 1 atom stereocenters. The molecule has 0 aromatic carbocycles. The van der Waals surface area contributed by atoms with E-state index in [2.05, 4.69) is 22.2 Å². The number of nitrogens with zero attached hydrogens (tertiary/aromatic N) is 4. The first-order valence-corrected chi connectivity index (χ1v) is 6.71. The smallest absolute Gasteiger partial charge is 0.254 e. The molecule has 1 amide bonds. The first kappa shape index (κ1) is 18.4. The molecule has 0 saturated carbocycles. The molecule has 1 saturated heterocycles. The first-order valence-electron chi connectivity index (χ1n) is 6.71. The topological polar surface area (TPSA) is 63.1 Å². The number of aromatic nitrogens is 3. The number of hydrogen-bond acceptors (Lipinski definition) is 4. The highest BCUT2D eigenvalue weighted by Gasteiger charge is 2.21. The highest BCUT2D eigenvalue weighted by molar-refractivity contribution is 5.94. The maximum atomic E-state index is 12.5. The van der Waals surface area contributed by atoms with Gasteiger partial charge in [-0.05, 0) is 19.1 Å². The van der Waals surface area contributed by atoms with E-state index in [0.29, 0.717) is 17.4 Å². The van der Waals surface area contributed by atoms with Gasteiger partial charge in [0.2, 0.25) is 0 Å². The zero-order valence-corrected chi connectivity index (χ0v) is 13.8. The summed E-state index contributed by atoms with van der Waals surface area (Å²) >= 11 is 0. The van der Waals surface area contributed by atoms with Gasteiger partial charge >= 0.3 is 0 Å². The summed E-state index contributed by atoms with van der Waals surface area (Å²) in [6, 6.07) is 3.90. The molecule has 3 rings (SSSR count). The molecular formula is C14H19Cl2N5O. The van der Waals surface area contributed by atoms with Gasteiger partial charge in [0.25, 0.3) is 5.91 Å². The molecule has 0 aliphatic carbocycles. The van der Waals surface area contributed by atoms with Gasteiger partial charge in [-0.15, -0.1) is 24.8 Å². The van der Waals surface area contributed by atoms with E-state index in [-0.39, 0.29) is 30.7 Å². The van der Waals surface area contributed by atoms with Crippen molar-refractivity contribution in [3.63, 3.8) is 0 Å². The van der Waals surface area contributed by atoms with E-state index < -0.39 is 0 Å². The lowest BCUT2D eigenvalue weighted by Gasteiger charge is -2.32. The minimum atomic E-state index is 0. The zero-order valence-electron chi connectivity index (χ0n) is 12.2. The number of amides is 1. The van der Waals surface area contributed by atoms with Gasteiger partial charge < -0.3 is 10.2 Å². The molecule has 6 nitrogen and oxygen atoms in total. The van der Waals surface area contributed by atoms with Crippen LogP contribution in [0.3, 0.4) is 0 Å². The van der Waals surface area contributed by atoms with Crippen LogP contribution < -0.4 is 5.32 Å². The van der Waals surface area contributed by atoms with Crippen LogP contribution in [-0.4, -0.2) is 51.0 Å². The quantitative estimate of drug-likeness (QED) is 0.898. The van der Waals surface area contributed by atoms with Crippen molar-refractivity contribution in [3.8, 4) is 5.82 Å². The van der Waals surface area contributed by atoms with Crippen LogP contribution in [-0.2, 0) is 0 Å². The number of imidazole rings is 1. The van der Waals surface area contributed by atoms with E-state index in [1.165, 1.54) is 0 Å². The van der Waals surface area contributed by atoms with Gasteiger partial charge in [0, 0.05) is 49.8 Å². The fourth-order valence-corrected chi connectivity index (χ4v) is 2.39. The molecule has 0 spiro atoms. The lowest BCUT2D eigenvalue weighted by molar-refractivity contribution is 0.0709. The normalized spacial score (nSPS) is 17.3. The van der Waals surface area contributed by atoms with E-state index in [4.69, 9.17) is 0 Å². The summed E-state index contributed by atoms with van der Waals surface area (Å²) < 4.78 is 1.79. The van der Waals surface area contributed by atoms with Crippen molar-refractivity contribution in [2.75, 3.05) is 19.6 Å². The molecule has 120 valence electrons. The van der Waals surface area contributed by atoms with Crippen molar-refractivity contribution in [1.29, 1.82) is 0 Å². The van der Waals surface area contributed by atoms with Gasteiger partial charge in [0.15, 0.2) is 0 Å².